The Morgan fingerprint density at radius 1 is 0.921 bits per heavy atom. The van der Waals surface area contributed by atoms with Crippen LogP contribution >= 0.6 is 15.9 Å². The number of nitrogens with one attached hydrogen (secondary N) is 1. The Morgan fingerprint density at radius 3 is 2.16 bits per heavy atom. The van der Waals surface area contributed by atoms with Crippen LogP contribution in [0.3, 0.4) is 0 Å². The average Bonchev–Trinajstić information content (AvgIpc) is 2.88. The molecule has 0 heterocycles. The van der Waals surface area contributed by atoms with Gasteiger partial charge in [0, 0.05) is 24.5 Å². The lowest BCUT2D eigenvalue weighted by molar-refractivity contribution is -0.139. The van der Waals surface area contributed by atoms with E-state index < -0.39 is 28.5 Å². The molecule has 0 saturated carbocycles. The van der Waals surface area contributed by atoms with Crippen LogP contribution in [0.15, 0.2) is 83.3 Å². The van der Waals surface area contributed by atoms with Gasteiger partial charge in [-0.25, -0.2) is 8.42 Å². The second-order valence-corrected chi connectivity index (χ2v) is 12.3. The number of sulfonamides is 1. The standard InChI is InChI=1S/C29H34BrN3O4S/c1-21(2)25-15-8-9-16-26(25)33(38(4,36)37)20-28(34)32(19-23-13-10-14-24(30)17-23)27(29(35)31-3)18-22-11-6-5-7-12-22/h5-17,21,27H,18-20H2,1-4H3,(H,31,35). The third-order valence-corrected chi connectivity index (χ3v) is 7.89. The van der Waals surface area contributed by atoms with Crippen LogP contribution < -0.4 is 9.62 Å². The van der Waals surface area contributed by atoms with Gasteiger partial charge in [-0.3, -0.25) is 13.9 Å². The van der Waals surface area contributed by atoms with Gasteiger partial charge in [-0.15, -0.1) is 0 Å². The predicted octanol–water partition coefficient (Wildman–Crippen LogP) is 4.72. The smallest absolute Gasteiger partial charge is 0.244 e. The Balaban J connectivity index is 2.07. The van der Waals surface area contributed by atoms with Crippen molar-refractivity contribution in [3.63, 3.8) is 0 Å². The van der Waals surface area contributed by atoms with Gasteiger partial charge in [-0.1, -0.05) is 90.4 Å². The van der Waals surface area contributed by atoms with Crippen molar-refractivity contribution in [2.24, 2.45) is 0 Å². The van der Waals surface area contributed by atoms with Gasteiger partial charge in [0.2, 0.25) is 21.8 Å². The number of hydrogen-bond donors (Lipinski definition) is 1. The number of benzene rings is 3. The molecule has 7 nitrogen and oxygen atoms in total. The van der Waals surface area contributed by atoms with E-state index in [1.165, 1.54) is 11.9 Å². The molecule has 0 bridgehead atoms. The number of carbonyl (C=O) groups excluding carboxylic acids is 2. The van der Waals surface area contributed by atoms with Crippen molar-refractivity contribution < 1.29 is 18.0 Å². The van der Waals surface area contributed by atoms with E-state index in [9.17, 15) is 18.0 Å². The van der Waals surface area contributed by atoms with Crippen LogP contribution in [-0.4, -0.2) is 51.0 Å². The fourth-order valence-corrected chi connectivity index (χ4v) is 5.67. The maximum atomic E-state index is 14.0. The molecule has 0 saturated heterocycles. The summed E-state index contributed by atoms with van der Waals surface area (Å²) in [6.07, 6.45) is 1.37. The Bertz CT molecular complexity index is 1360. The number of likely N-dealkylation sites (N-methyl/N-ethyl adjacent to an activating group) is 1. The number of halogens is 1. The summed E-state index contributed by atoms with van der Waals surface area (Å²) in [5, 5.41) is 2.68. The lowest BCUT2D eigenvalue weighted by Crippen LogP contribution is -2.53. The first-order chi connectivity index (χ1) is 18.0. The minimum Gasteiger partial charge on any atom is -0.357 e. The topological polar surface area (TPSA) is 86.8 Å². The van der Waals surface area contributed by atoms with Crippen molar-refractivity contribution in [1.82, 2.24) is 10.2 Å². The van der Waals surface area contributed by atoms with Gasteiger partial charge in [0.15, 0.2) is 0 Å². The minimum atomic E-state index is -3.81. The first-order valence-corrected chi connectivity index (χ1v) is 15.0. The summed E-state index contributed by atoms with van der Waals surface area (Å²) < 4.78 is 28.0. The van der Waals surface area contributed by atoms with Gasteiger partial charge in [-0.05, 0) is 40.8 Å². The van der Waals surface area contributed by atoms with E-state index in [0.717, 1.165) is 31.7 Å². The van der Waals surface area contributed by atoms with E-state index in [1.807, 2.05) is 80.6 Å². The number of nitrogens with zero attached hydrogens (tertiary/aromatic N) is 2. The van der Waals surface area contributed by atoms with Crippen molar-refractivity contribution in [3.05, 3.63) is 100 Å². The minimum absolute atomic E-state index is 0.0417. The fraction of sp³-hybridized carbons (Fsp3) is 0.310. The molecular weight excluding hydrogens is 566 g/mol. The monoisotopic (exact) mass is 599 g/mol. The molecule has 202 valence electrons. The summed E-state index contributed by atoms with van der Waals surface area (Å²) in [5.74, 6) is -0.760. The number of anilines is 1. The van der Waals surface area contributed by atoms with Gasteiger partial charge in [0.25, 0.3) is 0 Å². The van der Waals surface area contributed by atoms with Gasteiger partial charge < -0.3 is 10.2 Å². The highest BCUT2D eigenvalue weighted by atomic mass is 79.9. The zero-order valence-corrected chi connectivity index (χ0v) is 24.5. The Kier molecular flexibility index (Phi) is 10.1. The van der Waals surface area contributed by atoms with Gasteiger partial charge in [-0.2, -0.15) is 0 Å². The van der Waals surface area contributed by atoms with Crippen molar-refractivity contribution >= 4 is 43.5 Å². The number of rotatable bonds is 11. The molecule has 0 radical (unpaired) electrons. The molecule has 1 unspecified atom stereocenters. The Morgan fingerprint density at radius 2 is 1.55 bits per heavy atom. The third kappa shape index (κ3) is 7.68. The molecule has 38 heavy (non-hydrogen) atoms. The van der Waals surface area contributed by atoms with Crippen molar-refractivity contribution in [3.8, 4) is 0 Å². The zero-order chi connectivity index (χ0) is 27.9. The van der Waals surface area contributed by atoms with Crippen LogP contribution in [0.4, 0.5) is 5.69 Å². The molecule has 3 rings (SSSR count). The second-order valence-electron chi connectivity index (χ2n) is 9.45. The molecule has 1 N–H and O–H groups in total. The number of hydrogen-bond acceptors (Lipinski definition) is 4. The highest BCUT2D eigenvalue weighted by Gasteiger charge is 2.33. The summed E-state index contributed by atoms with van der Waals surface area (Å²) in [5.41, 5.74) is 2.97. The molecule has 0 fully saturated rings. The first kappa shape index (κ1) is 29.4. The molecule has 0 spiro atoms. The molecule has 9 heteroatoms. The van der Waals surface area contributed by atoms with E-state index in [0.29, 0.717) is 5.69 Å². The number of carbonyl (C=O) groups is 2. The van der Waals surface area contributed by atoms with Crippen molar-refractivity contribution in [1.29, 1.82) is 0 Å². The van der Waals surface area contributed by atoms with Crippen LogP contribution in [-0.2, 0) is 32.6 Å². The first-order valence-electron chi connectivity index (χ1n) is 12.4. The second kappa shape index (κ2) is 13.1. The highest BCUT2D eigenvalue weighted by molar-refractivity contribution is 9.10. The van der Waals surface area contributed by atoms with E-state index in [4.69, 9.17) is 0 Å². The molecule has 0 aliphatic rings. The Labute approximate surface area is 234 Å². The summed E-state index contributed by atoms with van der Waals surface area (Å²) in [7, 11) is -2.28. The molecule has 0 aromatic heterocycles. The van der Waals surface area contributed by atoms with Crippen LogP contribution in [0.5, 0.6) is 0 Å². The number of amides is 2. The van der Waals surface area contributed by atoms with Crippen LogP contribution in [0.25, 0.3) is 0 Å². The van der Waals surface area contributed by atoms with Gasteiger partial charge >= 0.3 is 0 Å². The number of para-hydroxylation sites is 1. The van der Waals surface area contributed by atoms with Crippen molar-refractivity contribution in [2.45, 2.75) is 38.8 Å². The quantitative estimate of drug-likeness (QED) is 0.345. The molecular formula is C29H34BrN3O4S. The third-order valence-electron chi connectivity index (χ3n) is 6.27. The SMILES string of the molecule is CNC(=O)C(Cc1ccccc1)N(Cc1cccc(Br)c1)C(=O)CN(c1ccccc1C(C)C)S(C)(=O)=O. The van der Waals surface area contributed by atoms with E-state index in [1.54, 1.807) is 12.1 Å². The van der Waals surface area contributed by atoms with Gasteiger partial charge in [0.1, 0.15) is 12.6 Å². The molecule has 3 aromatic carbocycles. The molecule has 0 aliphatic carbocycles. The maximum absolute atomic E-state index is 14.0. The van der Waals surface area contributed by atoms with E-state index in [-0.39, 0.29) is 24.8 Å². The van der Waals surface area contributed by atoms with E-state index >= 15 is 0 Å². The summed E-state index contributed by atoms with van der Waals surface area (Å²) in [4.78, 5) is 28.7. The molecule has 0 aliphatic heterocycles. The lowest BCUT2D eigenvalue weighted by Gasteiger charge is -2.34. The highest BCUT2D eigenvalue weighted by Crippen LogP contribution is 2.29. The summed E-state index contributed by atoms with van der Waals surface area (Å²) in [6, 6.07) is 23.3. The fourth-order valence-electron chi connectivity index (χ4n) is 4.35. The average molecular weight is 601 g/mol. The molecule has 3 aromatic rings. The van der Waals surface area contributed by atoms with Crippen LogP contribution in [0.2, 0.25) is 0 Å². The lowest BCUT2D eigenvalue weighted by atomic mass is 10.0. The van der Waals surface area contributed by atoms with Crippen molar-refractivity contribution in [2.75, 3.05) is 24.2 Å². The van der Waals surface area contributed by atoms with Crippen LogP contribution in [0, 0.1) is 0 Å². The largest absolute Gasteiger partial charge is 0.357 e. The molecule has 2 amide bonds. The van der Waals surface area contributed by atoms with Crippen LogP contribution in [0.1, 0.15) is 36.5 Å². The van der Waals surface area contributed by atoms with E-state index in [2.05, 4.69) is 21.2 Å². The maximum Gasteiger partial charge on any atom is 0.244 e. The normalized spacial score (nSPS) is 12.2. The molecule has 1 atom stereocenters. The Hall–Kier alpha value is -3.17. The summed E-state index contributed by atoms with van der Waals surface area (Å²) in [6.45, 7) is 3.65. The van der Waals surface area contributed by atoms with Gasteiger partial charge in [0.05, 0.1) is 11.9 Å². The zero-order valence-electron chi connectivity index (χ0n) is 22.1. The predicted molar refractivity (Wildman–Crippen MR) is 155 cm³/mol. The summed E-state index contributed by atoms with van der Waals surface area (Å²) >= 11 is 3.47.